The van der Waals surface area contributed by atoms with Crippen molar-refractivity contribution in [3.8, 4) is 11.3 Å². The average molecular weight is 562 g/mol. The van der Waals surface area contributed by atoms with E-state index < -0.39 is 12.0 Å². The molecule has 3 amide bonds. The van der Waals surface area contributed by atoms with E-state index in [1.807, 2.05) is 12.2 Å². The Morgan fingerprint density at radius 2 is 1.85 bits per heavy atom. The van der Waals surface area contributed by atoms with Gasteiger partial charge in [0.1, 0.15) is 5.82 Å². The highest BCUT2D eigenvalue weighted by Crippen LogP contribution is 2.38. The van der Waals surface area contributed by atoms with E-state index in [-0.39, 0.29) is 23.8 Å². The third kappa shape index (κ3) is 7.23. The molecule has 2 heterocycles. The summed E-state index contributed by atoms with van der Waals surface area (Å²) in [5.74, 6) is -0.196. The number of anilines is 3. The summed E-state index contributed by atoms with van der Waals surface area (Å²) >= 11 is 6.10. The third-order valence-corrected chi connectivity index (χ3v) is 6.29. The minimum absolute atomic E-state index is 0.171. The summed E-state index contributed by atoms with van der Waals surface area (Å²) in [6.07, 6.45) is 9.85. The fourth-order valence-corrected chi connectivity index (χ4v) is 4.38. The number of methoxy groups -OCH3 is 1. The zero-order chi connectivity index (χ0) is 28.6. The summed E-state index contributed by atoms with van der Waals surface area (Å²) in [7, 11) is 1.23. The van der Waals surface area contributed by atoms with Gasteiger partial charge >= 0.3 is 6.09 Å². The fraction of sp³-hybridized carbons (Fsp3) is 0.207. The highest BCUT2D eigenvalue weighted by molar-refractivity contribution is 6.31. The molecule has 0 saturated carbocycles. The molecule has 10 nitrogen and oxygen atoms in total. The van der Waals surface area contributed by atoms with Crippen LogP contribution in [0, 0.1) is 0 Å². The van der Waals surface area contributed by atoms with Gasteiger partial charge in [0.05, 0.1) is 30.4 Å². The van der Waals surface area contributed by atoms with Crippen molar-refractivity contribution in [1.29, 1.82) is 0 Å². The number of ether oxygens (including phenoxy) is 1. The standard InChI is InChI=1S/C29H28ClN5O5/c1-17(36)21-11-10-19(30)13-18(21)9-12-27(38)35-23-15-20(32-29(39)40-2)14-22-28(23)24-16-31-25(33-24)7-5-3-4-6-8-26(37)34-22/h3-4,9-16H,5-8H2,1-2H3,(H,31,33)(H,32,39)(H,34,37)(H,35,38). The fourth-order valence-electron chi connectivity index (χ4n) is 4.20. The van der Waals surface area contributed by atoms with Crippen LogP contribution in [0.15, 0.2) is 54.8 Å². The van der Waals surface area contributed by atoms with E-state index in [1.165, 1.54) is 26.2 Å². The summed E-state index contributed by atoms with van der Waals surface area (Å²) in [5, 5.41) is 8.72. The SMILES string of the molecule is COC(=O)Nc1cc(NC(=O)C=Cc2cc(Cl)ccc2C(C)=O)c2c(c1)NC(=O)CCC=CCCc1ncc-2[nH]1. The van der Waals surface area contributed by atoms with Crippen molar-refractivity contribution in [2.75, 3.05) is 23.1 Å². The number of rotatable bonds is 5. The highest BCUT2D eigenvalue weighted by atomic mass is 35.5. The number of fused-ring (bicyclic) bond motifs is 4. The number of amides is 3. The Hall–Kier alpha value is -4.70. The number of aromatic nitrogens is 2. The minimum Gasteiger partial charge on any atom is -0.453 e. The molecule has 0 atom stereocenters. The molecule has 0 unspecified atom stereocenters. The van der Waals surface area contributed by atoms with Gasteiger partial charge in [-0.3, -0.25) is 19.7 Å². The van der Waals surface area contributed by atoms with Crippen molar-refractivity contribution in [3.05, 3.63) is 76.7 Å². The molecule has 206 valence electrons. The van der Waals surface area contributed by atoms with Gasteiger partial charge in [0.15, 0.2) is 5.78 Å². The molecule has 3 aromatic rings. The van der Waals surface area contributed by atoms with Crippen LogP contribution in [-0.2, 0) is 20.7 Å². The number of aryl methyl sites for hydroxylation is 1. The Morgan fingerprint density at radius 1 is 1.07 bits per heavy atom. The van der Waals surface area contributed by atoms with Crippen molar-refractivity contribution >= 4 is 58.4 Å². The second kappa shape index (κ2) is 12.9. The molecule has 1 aliphatic heterocycles. The Morgan fingerprint density at radius 3 is 2.60 bits per heavy atom. The highest BCUT2D eigenvalue weighted by Gasteiger charge is 2.20. The number of H-pyrrole nitrogens is 1. The molecular formula is C29H28ClN5O5. The van der Waals surface area contributed by atoms with E-state index in [1.54, 1.807) is 36.5 Å². The van der Waals surface area contributed by atoms with E-state index in [0.29, 0.717) is 51.6 Å². The van der Waals surface area contributed by atoms with Crippen LogP contribution in [0.25, 0.3) is 17.3 Å². The van der Waals surface area contributed by atoms with Crippen LogP contribution in [-0.4, -0.2) is 40.8 Å². The number of halogens is 1. The van der Waals surface area contributed by atoms with E-state index in [2.05, 4.69) is 25.9 Å². The zero-order valence-corrected chi connectivity index (χ0v) is 22.7. The number of Topliss-reactive ketones (excluding diaryl/α,β-unsaturated/α-hetero) is 1. The number of nitrogens with zero attached hydrogens (tertiary/aromatic N) is 1. The molecule has 4 N–H and O–H groups in total. The number of hydrogen-bond donors (Lipinski definition) is 4. The summed E-state index contributed by atoms with van der Waals surface area (Å²) in [6, 6.07) is 7.92. The van der Waals surface area contributed by atoms with Gasteiger partial charge in [-0.25, -0.2) is 9.78 Å². The van der Waals surface area contributed by atoms with Crippen LogP contribution < -0.4 is 16.0 Å². The van der Waals surface area contributed by atoms with Crippen molar-refractivity contribution < 1.29 is 23.9 Å². The Bertz CT molecular complexity index is 1520. The Kier molecular flexibility index (Phi) is 9.13. The molecule has 1 aromatic heterocycles. The predicted octanol–water partition coefficient (Wildman–Crippen LogP) is 5.98. The van der Waals surface area contributed by atoms with Crippen LogP contribution in [0.4, 0.5) is 21.9 Å². The summed E-state index contributed by atoms with van der Waals surface area (Å²) in [4.78, 5) is 57.6. The first-order valence-electron chi connectivity index (χ1n) is 12.5. The number of hydrogen-bond acceptors (Lipinski definition) is 6. The first kappa shape index (κ1) is 28.3. The molecule has 0 radical (unpaired) electrons. The van der Waals surface area contributed by atoms with Gasteiger partial charge in [-0.2, -0.15) is 0 Å². The first-order valence-corrected chi connectivity index (χ1v) is 12.9. The quantitative estimate of drug-likeness (QED) is 0.171. The van der Waals surface area contributed by atoms with Gasteiger partial charge in [0.2, 0.25) is 11.8 Å². The molecule has 4 rings (SSSR count). The lowest BCUT2D eigenvalue weighted by atomic mass is 10.0. The number of imidazole rings is 1. The number of ketones is 1. The molecular weight excluding hydrogens is 534 g/mol. The van der Waals surface area contributed by atoms with Gasteiger partial charge in [-0.1, -0.05) is 23.8 Å². The minimum atomic E-state index is -0.722. The zero-order valence-electron chi connectivity index (χ0n) is 22.0. The van der Waals surface area contributed by atoms with Crippen LogP contribution in [0.2, 0.25) is 5.02 Å². The lowest BCUT2D eigenvalue weighted by Crippen LogP contribution is -2.16. The number of allylic oxidation sites excluding steroid dienone is 2. The van der Waals surface area contributed by atoms with E-state index in [4.69, 9.17) is 16.3 Å². The second-order valence-corrected chi connectivity index (χ2v) is 9.45. The largest absolute Gasteiger partial charge is 0.453 e. The van der Waals surface area contributed by atoms with Gasteiger partial charge < -0.3 is 20.4 Å². The maximum atomic E-state index is 13.1. The summed E-state index contributed by atoms with van der Waals surface area (Å²) < 4.78 is 4.72. The Labute approximate surface area is 235 Å². The van der Waals surface area contributed by atoms with Crippen molar-refractivity contribution in [1.82, 2.24) is 9.97 Å². The van der Waals surface area contributed by atoms with Crippen LogP contribution >= 0.6 is 11.6 Å². The maximum Gasteiger partial charge on any atom is 0.411 e. The molecule has 11 heteroatoms. The van der Waals surface area contributed by atoms with Crippen molar-refractivity contribution in [2.45, 2.75) is 32.6 Å². The van der Waals surface area contributed by atoms with Gasteiger partial charge in [-0.05, 0) is 61.7 Å². The lowest BCUT2D eigenvalue weighted by Gasteiger charge is -2.18. The molecule has 0 aliphatic carbocycles. The molecule has 1 aliphatic rings. The van der Waals surface area contributed by atoms with E-state index >= 15 is 0 Å². The van der Waals surface area contributed by atoms with E-state index in [9.17, 15) is 19.2 Å². The number of nitrogens with one attached hydrogen (secondary N) is 4. The monoisotopic (exact) mass is 561 g/mol. The molecule has 0 saturated heterocycles. The number of carbonyl (C=O) groups is 4. The molecule has 2 aromatic carbocycles. The topological polar surface area (TPSA) is 142 Å². The van der Waals surface area contributed by atoms with Crippen molar-refractivity contribution in [2.24, 2.45) is 0 Å². The van der Waals surface area contributed by atoms with Crippen LogP contribution in [0.5, 0.6) is 0 Å². The lowest BCUT2D eigenvalue weighted by molar-refractivity contribution is -0.116. The maximum absolute atomic E-state index is 13.1. The van der Waals surface area contributed by atoms with Crippen molar-refractivity contribution in [3.63, 3.8) is 0 Å². The smallest absolute Gasteiger partial charge is 0.411 e. The van der Waals surface area contributed by atoms with Gasteiger partial charge in [-0.15, -0.1) is 0 Å². The predicted molar refractivity (Wildman–Crippen MR) is 154 cm³/mol. The average Bonchev–Trinajstić information content (AvgIpc) is 3.37. The third-order valence-electron chi connectivity index (χ3n) is 6.06. The van der Waals surface area contributed by atoms with Crippen LogP contribution in [0.1, 0.15) is 47.9 Å². The summed E-state index contributed by atoms with van der Waals surface area (Å²) in [6.45, 7) is 1.43. The number of carbonyl (C=O) groups excluding carboxylic acids is 4. The molecule has 0 fully saturated rings. The molecule has 0 spiro atoms. The Balaban J connectivity index is 1.77. The summed E-state index contributed by atoms with van der Waals surface area (Å²) in [5.41, 5.74) is 2.87. The number of aromatic amines is 1. The van der Waals surface area contributed by atoms with Gasteiger partial charge in [0, 0.05) is 40.8 Å². The normalized spacial score (nSPS) is 13.3. The second-order valence-electron chi connectivity index (χ2n) is 9.01. The molecule has 2 bridgehead atoms. The first-order chi connectivity index (χ1) is 19.2. The van der Waals surface area contributed by atoms with Gasteiger partial charge in [0.25, 0.3) is 0 Å². The molecule has 40 heavy (non-hydrogen) atoms. The van der Waals surface area contributed by atoms with E-state index in [0.717, 1.165) is 12.2 Å². The van der Waals surface area contributed by atoms with Crippen LogP contribution in [0.3, 0.4) is 0 Å². The number of benzene rings is 2.